The third kappa shape index (κ3) is 4.79. The number of ether oxygens (including phenoxy) is 1. The third-order valence-corrected chi connectivity index (χ3v) is 3.52. The van der Waals surface area contributed by atoms with Crippen LogP contribution in [0.2, 0.25) is 0 Å². The van der Waals surface area contributed by atoms with Crippen molar-refractivity contribution >= 4 is 5.91 Å². The van der Waals surface area contributed by atoms with Crippen LogP contribution < -0.4 is 0 Å². The highest BCUT2D eigenvalue weighted by Crippen LogP contribution is 2.21. The van der Waals surface area contributed by atoms with Crippen LogP contribution in [0.3, 0.4) is 0 Å². The summed E-state index contributed by atoms with van der Waals surface area (Å²) < 4.78 is 42.1. The number of carbonyl (C=O) groups excluding carboxylic acids is 1. The van der Waals surface area contributed by atoms with Gasteiger partial charge in [0.2, 0.25) is 5.91 Å². The molecule has 1 heterocycles. The molecular formula is C15H17F3N4O2. The number of benzene rings is 1. The Kier molecular flexibility index (Phi) is 5.55. The molecule has 0 saturated carbocycles. The van der Waals surface area contributed by atoms with Crippen LogP contribution >= 0.6 is 0 Å². The van der Waals surface area contributed by atoms with Crippen LogP contribution in [0.5, 0.6) is 0 Å². The molecule has 2 rings (SSSR count). The van der Waals surface area contributed by atoms with Gasteiger partial charge in [0.25, 0.3) is 0 Å². The van der Waals surface area contributed by atoms with Crippen LogP contribution in [0.25, 0.3) is 5.69 Å². The van der Waals surface area contributed by atoms with E-state index in [2.05, 4.69) is 14.8 Å². The Hall–Kier alpha value is -2.42. The first-order chi connectivity index (χ1) is 11.3. The van der Waals surface area contributed by atoms with E-state index in [-0.39, 0.29) is 6.04 Å². The van der Waals surface area contributed by atoms with Crippen LogP contribution in [0.1, 0.15) is 18.5 Å². The number of alkyl halides is 3. The van der Waals surface area contributed by atoms with E-state index < -0.39 is 25.3 Å². The first kappa shape index (κ1) is 17.9. The third-order valence-electron chi connectivity index (χ3n) is 3.52. The average Bonchev–Trinajstić information content (AvgIpc) is 3.06. The van der Waals surface area contributed by atoms with Gasteiger partial charge in [-0.05, 0) is 24.6 Å². The molecule has 0 spiro atoms. The fraction of sp³-hybridized carbons (Fsp3) is 0.400. The Labute approximate surface area is 136 Å². The van der Waals surface area contributed by atoms with Gasteiger partial charge in [0, 0.05) is 7.05 Å². The summed E-state index contributed by atoms with van der Waals surface area (Å²) in [5.74, 6) is -0.521. The molecule has 1 aromatic heterocycles. The molecule has 0 N–H and O–H groups in total. The van der Waals surface area contributed by atoms with Crippen molar-refractivity contribution in [1.29, 1.82) is 0 Å². The highest BCUT2D eigenvalue weighted by atomic mass is 19.4. The zero-order valence-electron chi connectivity index (χ0n) is 13.2. The minimum atomic E-state index is -4.44. The lowest BCUT2D eigenvalue weighted by Crippen LogP contribution is -2.34. The van der Waals surface area contributed by atoms with Gasteiger partial charge in [-0.1, -0.05) is 12.1 Å². The molecule has 9 heteroatoms. The summed E-state index contributed by atoms with van der Waals surface area (Å²) >= 11 is 0. The molecule has 1 atom stereocenters. The van der Waals surface area contributed by atoms with Gasteiger partial charge in [0.05, 0.1) is 11.7 Å². The minimum Gasteiger partial charge on any atom is -0.362 e. The van der Waals surface area contributed by atoms with Gasteiger partial charge < -0.3 is 9.64 Å². The van der Waals surface area contributed by atoms with Gasteiger partial charge in [-0.3, -0.25) is 4.79 Å². The highest BCUT2D eigenvalue weighted by Gasteiger charge is 2.28. The Bertz CT molecular complexity index is 656. The van der Waals surface area contributed by atoms with Crippen molar-refractivity contribution < 1.29 is 22.7 Å². The van der Waals surface area contributed by atoms with E-state index in [1.54, 1.807) is 17.9 Å². The number of nitrogens with zero attached hydrogens (tertiary/aromatic N) is 4. The maximum Gasteiger partial charge on any atom is 0.411 e. The van der Waals surface area contributed by atoms with Crippen molar-refractivity contribution in [2.24, 2.45) is 0 Å². The molecule has 0 radical (unpaired) electrons. The maximum atomic E-state index is 12.0. The van der Waals surface area contributed by atoms with Crippen molar-refractivity contribution in [3.05, 3.63) is 42.5 Å². The van der Waals surface area contributed by atoms with Crippen molar-refractivity contribution in [3.63, 3.8) is 0 Å². The van der Waals surface area contributed by atoms with Gasteiger partial charge in [-0.2, -0.15) is 18.3 Å². The number of aromatic nitrogens is 3. The second-order valence-electron chi connectivity index (χ2n) is 5.22. The van der Waals surface area contributed by atoms with Gasteiger partial charge in [0.15, 0.2) is 0 Å². The predicted molar refractivity (Wildman–Crippen MR) is 79.4 cm³/mol. The van der Waals surface area contributed by atoms with E-state index in [4.69, 9.17) is 0 Å². The number of carbonyl (C=O) groups is 1. The second-order valence-corrected chi connectivity index (χ2v) is 5.22. The van der Waals surface area contributed by atoms with E-state index in [0.29, 0.717) is 0 Å². The maximum absolute atomic E-state index is 12.0. The monoisotopic (exact) mass is 342 g/mol. The standard InChI is InChI=1S/C15H17F3N4O2/c1-11(21(2)14(23)7-24-8-15(16,17)18)12-3-5-13(6-4-12)22-10-19-9-20-22/h3-6,9-11H,7-8H2,1-2H3/t11-/m1/s1. The largest absolute Gasteiger partial charge is 0.411 e. The fourth-order valence-corrected chi connectivity index (χ4v) is 2.04. The lowest BCUT2D eigenvalue weighted by atomic mass is 10.1. The summed E-state index contributed by atoms with van der Waals surface area (Å²) in [7, 11) is 1.52. The average molecular weight is 342 g/mol. The molecule has 24 heavy (non-hydrogen) atoms. The molecule has 2 aromatic rings. The van der Waals surface area contributed by atoms with Crippen molar-refractivity contribution in [3.8, 4) is 5.69 Å². The summed E-state index contributed by atoms with van der Waals surface area (Å²) in [4.78, 5) is 17.1. The first-order valence-electron chi connectivity index (χ1n) is 7.13. The van der Waals surface area contributed by atoms with Gasteiger partial charge >= 0.3 is 6.18 Å². The second kappa shape index (κ2) is 7.43. The zero-order chi connectivity index (χ0) is 17.7. The van der Waals surface area contributed by atoms with Crippen molar-refractivity contribution in [1.82, 2.24) is 19.7 Å². The number of halogens is 3. The van der Waals surface area contributed by atoms with E-state index >= 15 is 0 Å². The van der Waals surface area contributed by atoms with E-state index in [1.807, 2.05) is 24.3 Å². The van der Waals surface area contributed by atoms with E-state index in [0.717, 1.165) is 11.3 Å². The number of hydrogen-bond acceptors (Lipinski definition) is 4. The van der Waals surface area contributed by atoms with Crippen molar-refractivity contribution in [2.75, 3.05) is 20.3 Å². The van der Waals surface area contributed by atoms with E-state index in [9.17, 15) is 18.0 Å². The van der Waals surface area contributed by atoms with Crippen LogP contribution in [0.15, 0.2) is 36.9 Å². The molecular weight excluding hydrogens is 325 g/mol. The smallest absolute Gasteiger partial charge is 0.362 e. The van der Waals surface area contributed by atoms with Gasteiger partial charge in [0.1, 0.15) is 25.9 Å². The molecule has 6 nitrogen and oxygen atoms in total. The Morgan fingerprint density at radius 3 is 2.54 bits per heavy atom. The van der Waals surface area contributed by atoms with Crippen LogP contribution in [0, 0.1) is 0 Å². The van der Waals surface area contributed by atoms with Gasteiger partial charge in [-0.25, -0.2) is 9.67 Å². The van der Waals surface area contributed by atoms with E-state index in [1.165, 1.54) is 18.3 Å². The zero-order valence-corrected chi connectivity index (χ0v) is 13.2. The molecule has 0 aliphatic carbocycles. The normalized spacial score (nSPS) is 12.9. The van der Waals surface area contributed by atoms with Gasteiger partial charge in [-0.15, -0.1) is 0 Å². The summed E-state index contributed by atoms with van der Waals surface area (Å²) in [5, 5.41) is 4.01. The quantitative estimate of drug-likeness (QED) is 0.809. The SMILES string of the molecule is C[C@H](c1ccc(-n2cncn2)cc1)N(C)C(=O)COCC(F)(F)F. The molecule has 0 saturated heterocycles. The fourth-order valence-electron chi connectivity index (χ4n) is 2.04. The number of amides is 1. The molecule has 0 fully saturated rings. The lowest BCUT2D eigenvalue weighted by molar-refractivity contribution is -0.178. The van der Waals surface area contributed by atoms with Crippen LogP contribution in [0.4, 0.5) is 13.2 Å². The number of rotatable bonds is 6. The molecule has 0 aliphatic heterocycles. The topological polar surface area (TPSA) is 60.2 Å². The predicted octanol–water partition coefficient (Wildman–Crippen LogP) is 2.37. The molecule has 1 aromatic carbocycles. The van der Waals surface area contributed by atoms with Crippen molar-refractivity contribution in [2.45, 2.75) is 19.1 Å². The number of likely N-dealkylation sites (N-methyl/N-ethyl adjacent to an activating group) is 1. The Morgan fingerprint density at radius 2 is 2.00 bits per heavy atom. The summed E-state index contributed by atoms with van der Waals surface area (Å²) in [6, 6.07) is 6.97. The lowest BCUT2D eigenvalue weighted by Gasteiger charge is -2.25. The summed E-state index contributed by atoms with van der Waals surface area (Å²) in [5.41, 5.74) is 1.65. The molecule has 0 aliphatic rings. The Morgan fingerprint density at radius 1 is 1.33 bits per heavy atom. The highest BCUT2D eigenvalue weighted by molar-refractivity contribution is 5.77. The first-order valence-corrected chi connectivity index (χ1v) is 7.13. The summed E-state index contributed by atoms with van der Waals surface area (Å²) in [6.07, 6.45) is -1.46. The molecule has 0 unspecified atom stereocenters. The minimum absolute atomic E-state index is 0.309. The molecule has 0 bridgehead atoms. The van der Waals surface area contributed by atoms with Crippen LogP contribution in [-0.4, -0.2) is 52.0 Å². The Balaban J connectivity index is 1.94. The molecule has 1 amide bonds. The molecule has 130 valence electrons. The van der Waals surface area contributed by atoms with Crippen LogP contribution in [-0.2, 0) is 9.53 Å². The summed E-state index contributed by atoms with van der Waals surface area (Å²) in [6.45, 7) is -0.267. The number of hydrogen-bond donors (Lipinski definition) is 0.